The number of rotatable bonds is 3. The maximum atomic E-state index is 13.6. The quantitative estimate of drug-likeness (QED) is 0.525. The van der Waals surface area contributed by atoms with Crippen molar-refractivity contribution >= 4 is 28.6 Å². The molecular weight excluding hydrogens is 358 g/mol. The van der Waals surface area contributed by atoms with E-state index in [1.165, 1.54) is 11.1 Å². The van der Waals surface area contributed by atoms with Gasteiger partial charge >= 0.3 is 0 Å². The fourth-order valence-corrected chi connectivity index (χ4v) is 3.98. The number of aromatic nitrogens is 2. The van der Waals surface area contributed by atoms with E-state index in [2.05, 4.69) is 28.2 Å². The van der Waals surface area contributed by atoms with Crippen molar-refractivity contribution in [3.05, 3.63) is 101 Å². The van der Waals surface area contributed by atoms with E-state index < -0.39 is 0 Å². The van der Waals surface area contributed by atoms with Crippen LogP contribution in [0, 0.1) is 0 Å². The zero-order valence-electron chi connectivity index (χ0n) is 16.0. The van der Waals surface area contributed by atoms with Gasteiger partial charge in [0.25, 0.3) is 5.91 Å². The second kappa shape index (κ2) is 7.40. The highest BCUT2D eigenvalue weighted by molar-refractivity contribution is 6.24. The lowest BCUT2D eigenvalue weighted by Crippen LogP contribution is -2.36. The Bertz CT molecular complexity index is 1210. The molecule has 0 bridgehead atoms. The van der Waals surface area contributed by atoms with Crippen LogP contribution in [-0.2, 0) is 17.8 Å². The van der Waals surface area contributed by atoms with E-state index in [4.69, 9.17) is 0 Å². The summed E-state index contributed by atoms with van der Waals surface area (Å²) in [6, 6.07) is 22.2. The van der Waals surface area contributed by atoms with E-state index in [1.807, 2.05) is 65.7 Å². The van der Waals surface area contributed by atoms with E-state index >= 15 is 0 Å². The largest absolute Gasteiger partial charge is 0.346 e. The molecule has 0 spiro atoms. The molecule has 0 fully saturated rings. The zero-order chi connectivity index (χ0) is 19.6. The Kier molecular flexibility index (Phi) is 4.45. The SMILES string of the molecule is O=C(C(=Cc1c[nH]c2ncccc12)c1ccccc1)N1CCc2ccccc2C1. The van der Waals surface area contributed by atoms with Gasteiger partial charge < -0.3 is 9.88 Å². The molecule has 1 amide bonds. The van der Waals surface area contributed by atoms with Gasteiger partial charge in [0, 0.05) is 42.0 Å². The first-order chi connectivity index (χ1) is 14.3. The Balaban J connectivity index is 1.56. The number of pyridine rings is 1. The van der Waals surface area contributed by atoms with Gasteiger partial charge in [0.05, 0.1) is 0 Å². The van der Waals surface area contributed by atoms with E-state index in [0.29, 0.717) is 12.1 Å². The standard InChI is InChI=1S/C25H21N3O/c29-25(28-14-12-18-7-4-5-10-20(18)17-28)23(19-8-2-1-3-9-19)15-21-16-27-24-22(21)11-6-13-26-24/h1-11,13,15-16H,12,14,17H2,(H,26,27). The van der Waals surface area contributed by atoms with Crippen LogP contribution in [0.3, 0.4) is 0 Å². The normalized spacial score (nSPS) is 14.1. The molecular formula is C25H21N3O. The highest BCUT2D eigenvalue weighted by Gasteiger charge is 2.24. The number of aromatic amines is 1. The fourth-order valence-electron chi connectivity index (χ4n) is 3.98. The Hall–Kier alpha value is -3.66. The molecule has 2 aromatic heterocycles. The topological polar surface area (TPSA) is 49.0 Å². The summed E-state index contributed by atoms with van der Waals surface area (Å²) in [5.74, 6) is 0.0592. The molecule has 4 aromatic rings. The molecule has 0 saturated carbocycles. The summed E-state index contributed by atoms with van der Waals surface area (Å²) in [5, 5.41) is 1.01. The Morgan fingerprint density at radius 1 is 0.966 bits per heavy atom. The lowest BCUT2D eigenvalue weighted by Gasteiger charge is -2.29. The minimum atomic E-state index is 0.0592. The van der Waals surface area contributed by atoms with Gasteiger partial charge in [0.15, 0.2) is 0 Å². The molecule has 0 atom stereocenters. The van der Waals surface area contributed by atoms with Crippen molar-refractivity contribution in [2.75, 3.05) is 6.54 Å². The van der Waals surface area contributed by atoms with Crippen LogP contribution in [-0.4, -0.2) is 27.3 Å². The summed E-state index contributed by atoms with van der Waals surface area (Å²) in [5.41, 5.74) is 5.99. The van der Waals surface area contributed by atoms with Crippen LogP contribution in [0.25, 0.3) is 22.7 Å². The molecule has 0 aliphatic carbocycles. The predicted molar refractivity (Wildman–Crippen MR) is 116 cm³/mol. The van der Waals surface area contributed by atoms with Gasteiger partial charge in [-0.2, -0.15) is 0 Å². The molecule has 4 nitrogen and oxygen atoms in total. The van der Waals surface area contributed by atoms with Crippen LogP contribution in [0.2, 0.25) is 0 Å². The number of H-pyrrole nitrogens is 1. The third-order valence-corrected chi connectivity index (χ3v) is 5.52. The van der Waals surface area contributed by atoms with Crippen LogP contribution in [0.1, 0.15) is 22.3 Å². The average Bonchev–Trinajstić information content (AvgIpc) is 3.20. The molecule has 29 heavy (non-hydrogen) atoms. The number of carbonyl (C=O) groups is 1. The Morgan fingerprint density at radius 2 is 1.76 bits per heavy atom. The van der Waals surface area contributed by atoms with Crippen molar-refractivity contribution in [1.29, 1.82) is 0 Å². The summed E-state index contributed by atoms with van der Waals surface area (Å²) in [7, 11) is 0. The number of hydrogen-bond acceptors (Lipinski definition) is 2. The first-order valence-corrected chi connectivity index (χ1v) is 9.85. The molecule has 1 aliphatic rings. The summed E-state index contributed by atoms with van der Waals surface area (Å²) >= 11 is 0. The van der Waals surface area contributed by atoms with Gasteiger partial charge in [-0.05, 0) is 41.3 Å². The predicted octanol–water partition coefficient (Wildman–Crippen LogP) is 4.69. The number of nitrogens with one attached hydrogen (secondary N) is 1. The number of hydrogen-bond donors (Lipinski definition) is 1. The minimum absolute atomic E-state index is 0.0592. The third-order valence-electron chi connectivity index (χ3n) is 5.52. The molecule has 5 rings (SSSR count). The lowest BCUT2D eigenvalue weighted by molar-refractivity contribution is -0.125. The van der Waals surface area contributed by atoms with Crippen molar-refractivity contribution in [3.63, 3.8) is 0 Å². The van der Waals surface area contributed by atoms with E-state index in [1.54, 1.807) is 6.20 Å². The monoisotopic (exact) mass is 379 g/mol. The van der Waals surface area contributed by atoms with Gasteiger partial charge in [-0.1, -0.05) is 54.6 Å². The first-order valence-electron chi connectivity index (χ1n) is 9.85. The summed E-state index contributed by atoms with van der Waals surface area (Å²) in [4.78, 5) is 23.1. The van der Waals surface area contributed by atoms with Gasteiger partial charge in [0.1, 0.15) is 5.65 Å². The molecule has 0 saturated heterocycles. The van der Waals surface area contributed by atoms with Crippen molar-refractivity contribution in [2.45, 2.75) is 13.0 Å². The number of amides is 1. The van der Waals surface area contributed by atoms with Crippen LogP contribution in [0.15, 0.2) is 79.1 Å². The maximum absolute atomic E-state index is 13.6. The number of nitrogens with zero attached hydrogens (tertiary/aromatic N) is 2. The highest BCUT2D eigenvalue weighted by Crippen LogP contribution is 2.27. The van der Waals surface area contributed by atoms with Crippen molar-refractivity contribution in [1.82, 2.24) is 14.9 Å². The minimum Gasteiger partial charge on any atom is -0.346 e. The molecule has 142 valence electrons. The summed E-state index contributed by atoms with van der Waals surface area (Å²) in [6.45, 7) is 1.38. The Labute approximate surface area is 169 Å². The van der Waals surface area contributed by atoms with Crippen LogP contribution in [0.4, 0.5) is 0 Å². The van der Waals surface area contributed by atoms with Gasteiger partial charge in [-0.3, -0.25) is 4.79 Å². The van der Waals surface area contributed by atoms with Crippen molar-refractivity contribution in [3.8, 4) is 0 Å². The maximum Gasteiger partial charge on any atom is 0.254 e. The number of benzene rings is 2. The van der Waals surface area contributed by atoms with E-state index in [9.17, 15) is 4.79 Å². The van der Waals surface area contributed by atoms with E-state index in [0.717, 1.165) is 35.1 Å². The smallest absolute Gasteiger partial charge is 0.254 e. The van der Waals surface area contributed by atoms with Crippen LogP contribution in [0.5, 0.6) is 0 Å². The molecule has 4 heteroatoms. The zero-order valence-corrected chi connectivity index (χ0v) is 16.0. The number of carbonyl (C=O) groups excluding carboxylic acids is 1. The lowest BCUT2D eigenvalue weighted by atomic mass is 9.97. The number of fused-ring (bicyclic) bond motifs is 2. The van der Waals surface area contributed by atoms with Crippen molar-refractivity contribution < 1.29 is 4.79 Å². The third kappa shape index (κ3) is 3.34. The van der Waals surface area contributed by atoms with Gasteiger partial charge in [0.2, 0.25) is 0 Å². The molecule has 3 heterocycles. The van der Waals surface area contributed by atoms with Crippen LogP contribution >= 0.6 is 0 Å². The molecule has 2 aromatic carbocycles. The first kappa shape index (κ1) is 17.4. The molecule has 0 unspecified atom stereocenters. The fraction of sp³-hybridized carbons (Fsp3) is 0.120. The molecule has 0 radical (unpaired) electrons. The molecule has 1 N–H and O–H groups in total. The molecule has 1 aliphatic heterocycles. The van der Waals surface area contributed by atoms with Gasteiger partial charge in [-0.15, -0.1) is 0 Å². The highest BCUT2D eigenvalue weighted by atomic mass is 16.2. The van der Waals surface area contributed by atoms with E-state index in [-0.39, 0.29) is 5.91 Å². The van der Waals surface area contributed by atoms with Crippen molar-refractivity contribution in [2.24, 2.45) is 0 Å². The summed E-state index contributed by atoms with van der Waals surface area (Å²) < 4.78 is 0. The average molecular weight is 379 g/mol. The van der Waals surface area contributed by atoms with Crippen LogP contribution < -0.4 is 0 Å². The second-order valence-electron chi connectivity index (χ2n) is 7.31. The summed E-state index contributed by atoms with van der Waals surface area (Å²) in [6.07, 6.45) is 6.56. The van der Waals surface area contributed by atoms with Gasteiger partial charge in [-0.25, -0.2) is 4.98 Å². The Morgan fingerprint density at radius 3 is 2.62 bits per heavy atom. The second-order valence-corrected chi connectivity index (χ2v) is 7.31.